The number of rotatable bonds is 4. The normalized spacial score (nSPS) is 22.2. The molecule has 3 heterocycles. The average molecular weight is 330 g/mol. The highest BCUT2D eigenvalue weighted by Crippen LogP contribution is 2.13. The van der Waals surface area contributed by atoms with Crippen LogP contribution in [-0.4, -0.2) is 65.4 Å². The molecule has 0 saturated carbocycles. The van der Waals surface area contributed by atoms with E-state index in [4.69, 9.17) is 0 Å². The van der Waals surface area contributed by atoms with Crippen LogP contribution in [0.25, 0.3) is 0 Å². The fourth-order valence-electron chi connectivity index (χ4n) is 3.52. The van der Waals surface area contributed by atoms with Crippen LogP contribution in [-0.2, 0) is 4.79 Å². The van der Waals surface area contributed by atoms with Gasteiger partial charge in [-0.15, -0.1) is 0 Å². The van der Waals surface area contributed by atoms with Gasteiger partial charge in [0.15, 0.2) is 0 Å². The van der Waals surface area contributed by atoms with Gasteiger partial charge in [-0.25, -0.2) is 0 Å². The molecule has 2 fully saturated rings. The lowest BCUT2D eigenvalue weighted by Crippen LogP contribution is -2.51. The van der Waals surface area contributed by atoms with Crippen LogP contribution in [0.15, 0.2) is 24.5 Å². The van der Waals surface area contributed by atoms with Gasteiger partial charge in [-0.05, 0) is 50.8 Å². The van der Waals surface area contributed by atoms with Crippen molar-refractivity contribution in [1.29, 1.82) is 0 Å². The number of aromatic nitrogens is 1. The highest BCUT2D eigenvalue weighted by atomic mass is 16.2. The molecule has 0 radical (unpaired) electrons. The molecular formula is C18H26N4O2. The van der Waals surface area contributed by atoms with Crippen molar-refractivity contribution in [3.05, 3.63) is 30.1 Å². The molecule has 0 bridgehead atoms. The Kier molecular flexibility index (Phi) is 5.80. The summed E-state index contributed by atoms with van der Waals surface area (Å²) in [5.74, 6) is 0.169. The number of amides is 2. The number of likely N-dealkylation sites (tertiary alicyclic amines) is 2. The predicted molar refractivity (Wildman–Crippen MR) is 91.6 cm³/mol. The summed E-state index contributed by atoms with van der Waals surface area (Å²) in [5, 5.41) is 3.08. The third kappa shape index (κ3) is 4.54. The monoisotopic (exact) mass is 330 g/mol. The van der Waals surface area contributed by atoms with Crippen molar-refractivity contribution in [2.75, 3.05) is 32.7 Å². The van der Waals surface area contributed by atoms with Crippen LogP contribution in [0.2, 0.25) is 0 Å². The van der Waals surface area contributed by atoms with Crippen molar-refractivity contribution in [1.82, 2.24) is 20.1 Å². The first-order valence-corrected chi connectivity index (χ1v) is 8.93. The van der Waals surface area contributed by atoms with E-state index in [0.29, 0.717) is 12.1 Å². The number of hydrogen-bond acceptors (Lipinski definition) is 4. The molecule has 0 spiro atoms. The van der Waals surface area contributed by atoms with E-state index in [9.17, 15) is 9.59 Å². The predicted octanol–water partition coefficient (Wildman–Crippen LogP) is 1.29. The van der Waals surface area contributed by atoms with Crippen LogP contribution in [0.1, 0.15) is 42.5 Å². The molecular weight excluding hydrogens is 304 g/mol. The van der Waals surface area contributed by atoms with E-state index in [-0.39, 0.29) is 17.9 Å². The van der Waals surface area contributed by atoms with Crippen LogP contribution in [0.4, 0.5) is 0 Å². The summed E-state index contributed by atoms with van der Waals surface area (Å²) in [6, 6.07) is 3.54. The van der Waals surface area contributed by atoms with Crippen LogP contribution in [0.3, 0.4) is 0 Å². The van der Waals surface area contributed by atoms with Crippen molar-refractivity contribution < 1.29 is 9.59 Å². The molecule has 130 valence electrons. The van der Waals surface area contributed by atoms with Crippen molar-refractivity contribution in [2.24, 2.45) is 0 Å². The van der Waals surface area contributed by atoms with Gasteiger partial charge in [0.1, 0.15) is 0 Å². The number of nitrogens with one attached hydrogen (secondary N) is 1. The molecule has 1 aromatic rings. The van der Waals surface area contributed by atoms with E-state index in [1.54, 1.807) is 24.5 Å². The second kappa shape index (κ2) is 8.24. The summed E-state index contributed by atoms with van der Waals surface area (Å²) in [4.78, 5) is 32.8. The van der Waals surface area contributed by atoms with E-state index in [1.165, 1.54) is 6.42 Å². The minimum absolute atomic E-state index is 0.0633. The highest BCUT2D eigenvalue weighted by Gasteiger charge is 2.25. The summed E-state index contributed by atoms with van der Waals surface area (Å²) in [7, 11) is 0. The molecule has 1 N–H and O–H groups in total. The molecule has 2 aliphatic heterocycles. The lowest BCUT2D eigenvalue weighted by molar-refractivity contribution is -0.133. The van der Waals surface area contributed by atoms with E-state index in [0.717, 1.165) is 51.9 Å². The molecule has 0 aromatic carbocycles. The fraction of sp³-hybridized carbons (Fsp3) is 0.611. The van der Waals surface area contributed by atoms with E-state index in [1.807, 2.05) is 4.90 Å². The van der Waals surface area contributed by atoms with Crippen LogP contribution in [0, 0.1) is 0 Å². The van der Waals surface area contributed by atoms with Gasteiger partial charge in [0.25, 0.3) is 5.91 Å². The lowest BCUT2D eigenvalue weighted by Gasteiger charge is -2.35. The number of hydrogen-bond donors (Lipinski definition) is 1. The number of pyridine rings is 1. The lowest BCUT2D eigenvalue weighted by atomic mass is 10.0. The van der Waals surface area contributed by atoms with Gasteiger partial charge in [-0.3, -0.25) is 19.5 Å². The molecule has 24 heavy (non-hydrogen) atoms. The maximum atomic E-state index is 12.4. The smallest absolute Gasteiger partial charge is 0.251 e. The zero-order chi connectivity index (χ0) is 16.8. The molecule has 6 nitrogen and oxygen atoms in total. The minimum Gasteiger partial charge on any atom is -0.348 e. The Morgan fingerprint density at radius 2 is 1.83 bits per heavy atom. The van der Waals surface area contributed by atoms with Gasteiger partial charge in [-0.2, -0.15) is 0 Å². The summed E-state index contributed by atoms with van der Waals surface area (Å²) in [5.41, 5.74) is 0.631. The molecule has 2 amide bonds. The van der Waals surface area contributed by atoms with Crippen molar-refractivity contribution >= 4 is 11.8 Å². The van der Waals surface area contributed by atoms with Gasteiger partial charge in [-0.1, -0.05) is 0 Å². The first kappa shape index (κ1) is 16.9. The van der Waals surface area contributed by atoms with E-state index < -0.39 is 0 Å². The molecule has 1 unspecified atom stereocenters. The third-order valence-corrected chi connectivity index (χ3v) is 4.85. The Morgan fingerprint density at radius 1 is 1.08 bits per heavy atom. The number of carbonyl (C=O) groups excluding carboxylic acids is 2. The zero-order valence-electron chi connectivity index (χ0n) is 14.1. The van der Waals surface area contributed by atoms with Crippen LogP contribution in [0.5, 0.6) is 0 Å². The van der Waals surface area contributed by atoms with Crippen LogP contribution < -0.4 is 5.32 Å². The van der Waals surface area contributed by atoms with Gasteiger partial charge in [0.2, 0.25) is 5.91 Å². The quantitative estimate of drug-likeness (QED) is 0.903. The molecule has 2 aliphatic rings. The molecule has 6 heteroatoms. The Bertz CT molecular complexity index is 557. The van der Waals surface area contributed by atoms with Crippen LogP contribution >= 0.6 is 0 Å². The topological polar surface area (TPSA) is 65.5 Å². The van der Waals surface area contributed by atoms with Gasteiger partial charge < -0.3 is 10.2 Å². The Morgan fingerprint density at radius 3 is 2.58 bits per heavy atom. The average Bonchev–Trinajstić information content (AvgIpc) is 2.63. The number of carbonyl (C=O) groups is 2. The molecule has 3 rings (SSSR count). The second-order valence-electron chi connectivity index (χ2n) is 6.73. The minimum atomic E-state index is -0.0633. The maximum absolute atomic E-state index is 12.4. The molecule has 2 saturated heterocycles. The van der Waals surface area contributed by atoms with Crippen molar-refractivity contribution in [3.63, 3.8) is 0 Å². The molecule has 1 atom stereocenters. The molecule has 0 aliphatic carbocycles. The fourth-order valence-corrected chi connectivity index (χ4v) is 3.52. The second-order valence-corrected chi connectivity index (χ2v) is 6.73. The number of nitrogens with zero attached hydrogens (tertiary/aromatic N) is 3. The van der Waals surface area contributed by atoms with E-state index >= 15 is 0 Å². The Labute approximate surface area is 143 Å². The summed E-state index contributed by atoms with van der Waals surface area (Å²) < 4.78 is 0. The third-order valence-electron chi connectivity index (χ3n) is 4.85. The van der Waals surface area contributed by atoms with Gasteiger partial charge in [0.05, 0.1) is 6.54 Å². The summed E-state index contributed by atoms with van der Waals surface area (Å²) in [6.45, 7) is 3.95. The summed E-state index contributed by atoms with van der Waals surface area (Å²) in [6.07, 6.45) is 8.70. The van der Waals surface area contributed by atoms with Crippen molar-refractivity contribution in [2.45, 2.75) is 38.1 Å². The van der Waals surface area contributed by atoms with E-state index in [2.05, 4.69) is 15.2 Å². The Hall–Kier alpha value is -1.95. The largest absolute Gasteiger partial charge is 0.348 e. The zero-order valence-corrected chi connectivity index (χ0v) is 14.1. The maximum Gasteiger partial charge on any atom is 0.251 e. The summed E-state index contributed by atoms with van der Waals surface area (Å²) >= 11 is 0. The highest BCUT2D eigenvalue weighted by molar-refractivity contribution is 5.94. The van der Waals surface area contributed by atoms with Gasteiger partial charge >= 0.3 is 0 Å². The Balaban J connectivity index is 1.49. The first-order valence-electron chi connectivity index (χ1n) is 8.93. The standard InChI is InChI=1S/C18H26N4O2/c23-17(22-11-2-1-3-12-22)14-21-10-4-5-16(13-21)20-18(24)15-6-8-19-9-7-15/h6-9,16H,1-5,10-14H2,(H,20,24). The van der Waals surface area contributed by atoms with Crippen molar-refractivity contribution in [3.8, 4) is 0 Å². The first-order chi connectivity index (χ1) is 11.7. The molecule has 1 aromatic heterocycles. The number of piperidine rings is 2. The SMILES string of the molecule is O=C(NC1CCCN(CC(=O)N2CCCCC2)C1)c1ccncc1. The van der Waals surface area contributed by atoms with Gasteiger partial charge in [0, 0.05) is 43.6 Å².